The Morgan fingerprint density at radius 2 is 2.09 bits per heavy atom. The molecular formula is C17H14N2O4. The van der Waals surface area contributed by atoms with Gasteiger partial charge in [0.25, 0.3) is 5.91 Å². The van der Waals surface area contributed by atoms with Crippen LogP contribution in [-0.2, 0) is 6.42 Å². The maximum Gasteiger partial charge on any atom is 0.261 e. The van der Waals surface area contributed by atoms with Gasteiger partial charge < -0.3 is 9.62 Å². The summed E-state index contributed by atoms with van der Waals surface area (Å²) in [6.45, 7) is 0. The van der Waals surface area contributed by atoms with Gasteiger partial charge in [0.15, 0.2) is 5.75 Å². The third kappa shape index (κ3) is 1.99. The van der Waals surface area contributed by atoms with Crippen molar-refractivity contribution in [2.24, 2.45) is 4.99 Å². The number of nitrogens with zero attached hydrogens (tertiary/aromatic N) is 2. The Morgan fingerprint density at radius 3 is 2.87 bits per heavy atom. The predicted molar refractivity (Wildman–Crippen MR) is 85.1 cm³/mol. The molecule has 0 saturated heterocycles. The van der Waals surface area contributed by atoms with Gasteiger partial charge >= 0.3 is 0 Å². The average molecular weight is 310 g/mol. The molecule has 1 atom stereocenters. The Labute approximate surface area is 132 Å². The fraction of sp³-hybridized carbons (Fsp3) is 0.176. The molecule has 0 radical (unpaired) electrons. The average Bonchev–Trinajstić information content (AvgIpc) is 2.90. The highest BCUT2D eigenvalue weighted by Gasteiger charge is 2.36. The zero-order valence-corrected chi connectivity index (χ0v) is 12.4. The summed E-state index contributed by atoms with van der Waals surface area (Å²) in [5.74, 6) is 0.259. The molecule has 0 bridgehead atoms. The van der Waals surface area contributed by atoms with E-state index in [0.29, 0.717) is 11.3 Å². The lowest BCUT2D eigenvalue weighted by atomic mass is 10.1. The van der Waals surface area contributed by atoms with Gasteiger partial charge in [-0.3, -0.25) is 14.7 Å². The van der Waals surface area contributed by atoms with E-state index in [2.05, 4.69) is 9.88 Å². The molecule has 1 unspecified atom stereocenters. The number of methoxy groups -OCH3 is 1. The molecule has 2 aromatic rings. The van der Waals surface area contributed by atoms with Crippen LogP contribution in [0.3, 0.4) is 0 Å². The fourth-order valence-electron chi connectivity index (χ4n) is 3.15. The van der Waals surface area contributed by atoms with Crippen LogP contribution in [-0.4, -0.2) is 30.5 Å². The van der Waals surface area contributed by atoms with Crippen molar-refractivity contribution in [1.29, 1.82) is 0 Å². The molecule has 2 aliphatic heterocycles. The highest BCUT2D eigenvalue weighted by Crippen LogP contribution is 2.40. The van der Waals surface area contributed by atoms with Crippen LogP contribution in [0.5, 0.6) is 11.5 Å². The number of benzene rings is 2. The Bertz CT molecular complexity index is 831. The van der Waals surface area contributed by atoms with Gasteiger partial charge in [0.1, 0.15) is 0 Å². The minimum atomic E-state index is -0.143. The number of carbonyl (C=O) groups excluding carboxylic acids is 1. The smallest absolute Gasteiger partial charge is 0.261 e. The van der Waals surface area contributed by atoms with E-state index in [1.165, 1.54) is 13.2 Å². The quantitative estimate of drug-likeness (QED) is 0.684. The molecule has 116 valence electrons. The summed E-state index contributed by atoms with van der Waals surface area (Å²) in [7, 11) is 1.45. The van der Waals surface area contributed by atoms with Crippen molar-refractivity contribution < 1.29 is 19.7 Å². The van der Waals surface area contributed by atoms with Gasteiger partial charge in [-0.1, -0.05) is 18.2 Å². The summed E-state index contributed by atoms with van der Waals surface area (Å²) in [6.07, 6.45) is 2.50. The molecule has 0 aromatic heterocycles. The molecule has 4 rings (SSSR count). The largest absolute Gasteiger partial charge is 0.493 e. The van der Waals surface area contributed by atoms with Gasteiger partial charge in [0.05, 0.1) is 24.4 Å². The minimum Gasteiger partial charge on any atom is -0.493 e. The second-order valence-corrected chi connectivity index (χ2v) is 5.47. The van der Waals surface area contributed by atoms with Crippen LogP contribution in [0.15, 0.2) is 41.4 Å². The molecule has 6 heteroatoms. The topological polar surface area (TPSA) is 71.4 Å². The normalized spacial score (nSPS) is 18.1. The van der Waals surface area contributed by atoms with Crippen molar-refractivity contribution in [3.8, 4) is 11.5 Å². The SMILES string of the molecule is COc1cc2c(cc1OO)N=CC1Cc3ccccc3N1C2=O. The molecule has 0 fully saturated rings. The van der Waals surface area contributed by atoms with Crippen LogP contribution in [0.2, 0.25) is 0 Å². The van der Waals surface area contributed by atoms with E-state index in [1.54, 1.807) is 17.2 Å². The maximum atomic E-state index is 13.0. The number of anilines is 1. The van der Waals surface area contributed by atoms with Crippen LogP contribution in [0.4, 0.5) is 11.4 Å². The first kappa shape index (κ1) is 13.8. The second-order valence-electron chi connectivity index (χ2n) is 5.47. The van der Waals surface area contributed by atoms with Crippen LogP contribution >= 0.6 is 0 Å². The van der Waals surface area contributed by atoms with E-state index in [1.807, 2.05) is 24.3 Å². The number of aliphatic imine (C=N–C) groups is 1. The monoisotopic (exact) mass is 310 g/mol. The Kier molecular flexibility index (Phi) is 3.06. The standard InChI is InChI=1S/C17H14N2O4/c1-22-15-7-12-13(8-16(15)23-21)18-9-11-6-10-4-2-3-5-14(10)19(11)17(12)20/h2-5,7-9,11,21H,6H2,1H3. The van der Waals surface area contributed by atoms with E-state index < -0.39 is 0 Å². The molecule has 23 heavy (non-hydrogen) atoms. The zero-order valence-electron chi connectivity index (χ0n) is 12.4. The van der Waals surface area contributed by atoms with Gasteiger partial charge in [0.2, 0.25) is 5.75 Å². The Hall–Kier alpha value is -2.86. The molecule has 0 aliphatic carbocycles. The van der Waals surface area contributed by atoms with Crippen molar-refractivity contribution in [3.63, 3.8) is 0 Å². The van der Waals surface area contributed by atoms with Crippen LogP contribution in [0, 0.1) is 0 Å². The van der Waals surface area contributed by atoms with Crippen molar-refractivity contribution >= 4 is 23.5 Å². The maximum absolute atomic E-state index is 13.0. The van der Waals surface area contributed by atoms with Gasteiger partial charge in [-0.2, -0.15) is 0 Å². The summed E-state index contributed by atoms with van der Waals surface area (Å²) in [6, 6.07) is 10.8. The van der Waals surface area contributed by atoms with Crippen LogP contribution in [0.1, 0.15) is 15.9 Å². The molecule has 0 saturated carbocycles. The van der Waals surface area contributed by atoms with E-state index in [4.69, 9.17) is 9.99 Å². The molecule has 2 aromatic carbocycles. The number of ether oxygens (including phenoxy) is 1. The first-order chi connectivity index (χ1) is 11.2. The van der Waals surface area contributed by atoms with Gasteiger partial charge in [-0.25, -0.2) is 5.26 Å². The van der Waals surface area contributed by atoms with Crippen LogP contribution < -0.4 is 14.5 Å². The lowest BCUT2D eigenvalue weighted by Crippen LogP contribution is -2.37. The van der Waals surface area contributed by atoms with E-state index in [0.717, 1.165) is 17.7 Å². The molecule has 2 aliphatic rings. The molecular weight excluding hydrogens is 296 g/mol. The Morgan fingerprint density at radius 1 is 1.26 bits per heavy atom. The van der Waals surface area contributed by atoms with Crippen molar-refractivity contribution in [3.05, 3.63) is 47.5 Å². The third-order valence-corrected chi connectivity index (χ3v) is 4.23. The predicted octanol–water partition coefficient (Wildman–Crippen LogP) is 2.83. The number of hydrogen-bond acceptors (Lipinski definition) is 5. The first-order valence-corrected chi connectivity index (χ1v) is 7.22. The van der Waals surface area contributed by atoms with Crippen molar-refractivity contribution in [1.82, 2.24) is 0 Å². The van der Waals surface area contributed by atoms with Crippen LogP contribution in [0.25, 0.3) is 0 Å². The second kappa shape index (κ2) is 5.10. The van der Waals surface area contributed by atoms with Gasteiger partial charge in [0, 0.05) is 24.4 Å². The molecule has 0 spiro atoms. The van der Waals surface area contributed by atoms with E-state index >= 15 is 0 Å². The van der Waals surface area contributed by atoms with Crippen molar-refractivity contribution in [2.75, 3.05) is 12.0 Å². The first-order valence-electron chi connectivity index (χ1n) is 7.22. The number of carbonyl (C=O) groups is 1. The number of hydrogen-bond donors (Lipinski definition) is 1. The summed E-state index contributed by atoms with van der Waals surface area (Å²) in [5, 5.41) is 8.95. The number of rotatable bonds is 2. The highest BCUT2D eigenvalue weighted by molar-refractivity contribution is 6.14. The van der Waals surface area contributed by atoms with E-state index in [-0.39, 0.29) is 23.4 Å². The lowest BCUT2D eigenvalue weighted by Gasteiger charge is -2.21. The molecule has 2 heterocycles. The van der Waals surface area contributed by atoms with Gasteiger partial charge in [-0.15, -0.1) is 0 Å². The number of fused-ring (bicyclic) bond motifs is 4. The molecule has 1 amide bonds. The Balaban J connectivity index is 1.87. The molecule has 1 N–H and O–H groups in total. The number of amides is 1. The minimum absolute atomic E-state index is 0.114. The lowest BCUT2D eigenvalue weighted by molar-refractivity contribution is -0.139. The van der Waals surface area contributed by atoms with Crippen molar-refractivity contribution in [2.45, 2.75) is 12.5 Å². The zero-order chi connectivity index (χ0) is 16.0. The third-order valence-electron chi connectivity index (χ3n) is 4.23. The van der Waals surface area contributed by atoms with E-state index in [9.17, 15) is 4.79 Å². The summed E-state index contributed by atoms with van der Waals surface area (Å²) in [5.41, 5.74) is 2.90. The summed E-state index contributed by atoms with van der Waals surface area (Å²) >= 11 is 0. The van der Waals surface area contributed by atoms with Gasteiger partial charge in [-0.05, 0) is 17.7 Å². The fourth-order valence-corrected chi connectivity index (χ4v) is 3.15. The molecule has 6 nitrogen and oxygen atoms in total. The summed E-state index contributed by atoms with van der Waals surface area (Å²) in [4.78, 5) is 23.5. The summed E-state index contributed by atoms with van der Waals surface area (Å²) < 4.78 is 5.16. The number of para-hydroxylation sites is 1. The highest BCUT2D eigenvalue weighted by atomic mass is 17.1.